The zero-order valence-electron chi connectivity index (χ0n) is 22.4. The molecule has 0 aromatic heterocycles. The summed E-state index contributed by atoms with van der Waals surface area (Å²) < 4.78 is 53.4. The molecule has 2 aromatic rings. The fraction of sp³-hybridized carbons (Fsp3) is 0.531. The fourth-order valence-corrected chi connectivity index (χ4v) is 7.61. The van der Waals surface area contributed by atoms with Crippen molar-refractivity contribution in [2.75, 3.05) is 13.1 Å². The van der Waals surface area contributed by atoms with Crippen LogP contribution in [0.15, 0.2) is 48.5 Å². The second-order valence-electron chi connectivity index (χ2n) is 12.5. The van der Waals surface area contributed by atoms with Crippen molar-refractivity contribution in [3.05, 3.63) is 76.6 Å². The number of halogens is 4. The number of likely N-dealkylation sites (tertiary alicyclic amines) is 1. The molecular formula is C32H36F4N2O. The Morgan fingerprint density at radius 1 is 1.10 bits per heavy atom. The first kappa shape index (κ1) is 26.5. The van der Waals surface area contributed by atoms with Crippen LogP contribution in [-0.2, 0) is 22.9 Å². The van der Waals surface area contributed by atoms with Crippen molar-refractivity contribution >= 4 is 12.0 Å². The molecule has 2 saturated carbocycles. The van der Waals surface area contributed by atoms with Crippen LogP contribution in [-0.4, -0.2) is 29.9 Å². The zero-order valence-corrected chi connectivity index (χ0v) is 22.4. The standard InChI is InChI=1S/C32H36F4N2O/c1-21-20-38(13-12-31(21)11-8-24-4-2-3-5-28(24)31)27-9-10-30(18-27,17-22-6-7-22)29(39)37-19-23-14-25(32(34,35)36)16-26(33)15-23/h2-5,8,11,14-16,21-22,27H,6-7,9-10,12-13,17-20H2,1H3,(H,37,39)/t21-,27?,30?,31-/m0/s1. The summed E-state index contributed by atoms with van der Waals surface area (Å²) >= 11 is 0. The molecule has 4 aliphatic rings. The molecule has 0 bridgehead atoms. The van der Waals surface area contributed by atoms with Gasteiger partial charge in [-0.15, -0.1) is 0 Å². The zero-order chi connectivity index (χ0) is 27.4. The number of amides is 1. The molecule has 1 N–H and O–H groups in total. The third-order valence-electron chi connectivity index (χ3n) is 9.92. The van der Waals surface area contributed by atoms with Gasteiger partial charge in [0.2, 0.25) is 5.91 Å². The van der Waals surface area contributed by atoms with Crippen LogP contribution in [0.4, 0.5) is 17.6 Å². The van der Waals surface area contributed by atoms with Crippen molar-refractivity contribution in [2.45, 2.75) is 76.0 Å². The third-order valence-corrected chi connectivity index (χ3v) is 9.92. The monoisotopic (exact) mass is 540 g/mol. The normalized spacial score (nSPS) is 30.6. The van der Waals surface area contributed by atoms with Gasteiger partial charge in [-0.2, -0.15) is 13.2 Å². The molecule has 1 saturated heterocycles. The summed E-state index contributed by atoms with van der Waals surface area (Å²) in [6, 6.07) is 11.5. The maximum atomic E-state index is 13.9. The smallest absolute Gasteiger partial charge is 0.352 e. The minimum absolute atomic E-state index is 0.0778. The summed E-state index contributed by atoms with van der Waals surface area (Å²) in [4.78, 5) is 16.2. The second kappa shape index (κ2) is 9.76. The number of hydrogen-bond donors (Lipinski definition) is 1. The predicted molar refractivity (Wildman–Crippen MR) is 143 cm³/mol. The van der Waals surface area contributed by atoms with Gasteiger partial charge in [0, 0.05) is 24.5 Å². The van der Waals surface area contributed by atoms with Gasteiger partial charge in [0.15, 0.2) is 0 Å². The van der Waals surface area contributed by atoms with E-state index >= 15 is 0 Å². The quantitative estimate of drug-likeness (QED) is 0.396. The van der Waals surface area contributed by atoms with Gasteiger partial charge < -0.3 is 5.32 Å². The maximum Gasteiger partial charge on any atom is 0.416 e. The van der Waals surface area contributed by atoms with Gasteiger partial charge in [0.05, 0.1) is 11.0 Å². The molecule has 1 amide bonds. The Balaban J connectivity index is 1.14. The van der Waals surface area contributed by atoms with Crippen molar-refractivity contribution in [1.29, 1.82) is 0 Å². The van der Waals surface area contributed by atoms with Crippen molar-refractivity contribution in [2.24, 2.45) is 17.3 Å². The molecule has 3 fully saturated rings. The topological polar surface area (TPSA) is 32.3 Å². The van der Waals surface area contributed by atoms with E-state index in [1.165, 1.54) is 11.1 Å². The van der Waals surface area contributed by atoms with Crippen LogP contribution in [0.5, 0.6) is 0 Å². The van der Waals surface area contributed by atoms with Crippen molar-refractivity contribution in [1.82, 2.24) is 10.2 Å². The van der Waals surface area contributed by atoms with Gasteiger partial charge in [0.25, 0.3) is 0 Å². The summed E-state index contributed by atoms with van der Waals surface area (Å²) in [5.41, 5.74) is 1.42. The molecular weight excluding hydrogens is 504 g/mol. The van der Waals surface area contributed by atoms with E-state index < -0.39 is 23.0 Å². The third kappa shape index (κ3) is 5.03. The molecule has 2 unspecified atom stereocenters. The van der Waals surface area contributed by atoms with E-state index in [0.29, 0.717) is 23.9 Å². The summed E-state index contributed by atoms with van der Waals surface area (Å²) in [5.74, 6) is -0.0401. The Morgan fingerprint density at radius 3 is 2.64 bits per heavy atom. The Hall–Kier alpha value is -2.67. The molecule has 1 heterocycles. The molecule has 4 atom stereocenters. The van der Waals surface area contributed by atoms with Crippen molar-refractivity contribution in [3.63, 3.8) is 0 Å². The molecule has 2 aromatic carbocycles. The highest BCUT2D eigenvalue weighted by Gasteiger charge is 2.51. The lowest BCUT2D eigenvalue weighted by atomic mass is 9.67. The van der Waals surface area contributed by atoms with E-state index in [0.717, 1.165) is 70.2 Å². The van der Waals surface area contributed by atoms with E-state index in [1.54, 1.807) is 0 Å². The first-order valence-corrected chi connectivity index (χ1v) is 14.3. The molecule has 3 nitrogen and oxygen atoms in total. The van der Waals surface area contributed by atoms with E-state index in [1.807, 2.05) is 0 Å². The predicted octanol–water partition coefficient (Wildman–Crippen LogP) is 7.11. The van der Waals surface area contributed by atoms with Crippen LogP contribution in [0.2, 0.25) is 0 Å². The second-order valence-corrected chi connectivity index (χ2v) is 12.5. The lowest BCUT2D eigenvalue weighted by Crippen LogP contribution is -2.51. The number of carbonyl (C=O) groups excluding carboxylic acids is 1. The average molecular weight is 541 g/mol. The average Bonchev–Trinajstić information content (AvgIpc) is 3.48. The number of carbonyl (C=O) groups is 1. The van der Waals surface area contributed by atoms with Crippen LogP contribution in [0.25, 0.3) is 6.08 Å². The number of fused-ring (bicyclic) bond motifs is 2. The van der Waals surface area contributed by atoms with Crippen LogP contribution in [0, 0.1) is 23.1 Å². The van der Waals surface area contributed by atoms with Crippen LogP contribution in [0.1, 0.15) is 74.1 Å². The van der Waals surface area contributed by atoms with Gasteiger partial charge in [0.1, 0.15) is 5.82 Å². The fourth-order valence-electron chi connectivity index (χ4n) is 7.61. The highest BCUT2D eigenvalue weighted by atomic mass is 19.4. The lowest BCUT2D eigenvalue weighted by molar-refractivity contribution is -0.137. The molecule has 0 radical (unpaired) electrons. The van der Waals surface area contributed by atoms with Gasteiger partial charge >= 0.3 is 6.18 Å². The summed E-state index contributed by atoms with van der Waals surface area (Å²) in [6.07, 6.45) is 6.69. The highest BCUT2D eigenvalue weighted by Crippen LogP contribution is 2.52. The van der Waals surface area contributed by atoms with Gasteiger partial charge in [-0.3, -0.25) is 9.69 Å². The molecule has 1 spiro atoms. The van der Waals surface area contributed by atoms with Crippen LogP contribution >= 0.6 is 0 Å². The summed E-state index contributed by atoms with van der Waals surface area (Å²) in [5, 5.41) is 2.90. The highest BCUT2D eigenvalue weighted by molar-refractivity contribution is 5.83. The Labute approximate surface area is 227 Å². The SMILES string of the molecule is C[C@H]1CN(C2CCC(CC3CC3)(C(=O)NCc3cc(F)cc(C(F)(F)F)c3)C2)CC[C@@]12C=Cc1ccccc12. The maximum absolute atomic E-state index is 13.9. The molecule has 1 aliphatic heterocycles. The van der Waals surface area contributed by atoms with E-state index in [9.17, 15) is 22.4 Å². The van der Waals surface area contributed by atoms with Crippen molar-refractivity contribution < 1.29 is 22.4 Å². The van der Waals surface area contributed by atoms with Crippen LogP contribution < -0.4 is 5.32 Å². The van der Waals surface area contributed by atoms with Crippen molar-refractivity contribution in [3.8, 4) is 0 Å². The number of hydrogen-bond acceptors (Lipinski definition) is 2. The van der Waals surface area contributed by atoms with Gasteiger partial charge in [-0.1, -0.05) is 56.2 Å². The first-order chi connectivity index (χ1) is 18.6. The first-order valence-electron chi connectivity index (χ1n) is 14.3. The Morgan fingerprint density at radius 2 is 1.90 bits per heavy atom. The molecule has 3 aliphatic carbocycles. The van der Waals surface area contributed by atoms with E-state index in [-0.39, 0.29) is 23.4 Å². The number of piperidine rings is 1. The Kier molecular flexibility index (Phi) is 6.64. The van der Waals surface area contributed by atoms with Gasteiger partial charge in [-0.05, 0) is 85.4 Å². The molecule has 7 heteroatoms. The number of nitrogens with zero attached hydrogens (tertiary/aromatic N) is 1. The molecule has 6 rings (SSSR count). The number of benzene rings is 2. The summed E-state index contributed by atoms with van der Waals surface area (Å²) in [6.45, 7) is 4.20. The van der Waals surface area contributed by atoms with E-state index in [4.69, 9.17) is 0 Å². The Bertz CT molecular complexity index is 1290. The van der Waals surface area contributed by atoms with Crippen LogP contribution in [0.3, 0.4) is 0 Å². The number of rotatable bonds is 6. The van der Waals surface area contributed by atoms with E-state index in [2.05, 4.69) is 53.6 Å². The van der Waals surface area contributed by atoms with Gasteiger partial charge in [-0.25, -0.2) is 4.39 Å². The minimum Gasteiger partial charge on any atom is -0.352 e. The largest absolute Gasteiger partial charge is 0.416 e. The molecule has 208 valence electrons. The number of alkyl halides is 3. The summed E-state index contributed by atoms with van der Waals surface area (Å²) in [7, 11) is 0. The minimum atomic E-state index is -4.63. The number of allylic oxidation sites excluding steroid dienone is 1. The molecule has 39 heavy (non-hydrogen) atoms. The lowest BCUT2D eigenvalue weighted by Gasteiger charge is -2.46. The number of nitrogens with one attached hydrogen (secondary N) is 1.